The summed E-state index contributed by atoms with van der Waals surface area (Å²) in [5, 5.41) is 11.0. The lowest BCUT2D eigenvalue weighted by Gasteiger charge is -2.09. The number of halogens is 2. The minimum atomic E-state index is -1.13. The van der Waals surface area contributed by atoms with Crippen LogP contribution in [0.2, 0.25) is 0 Å². The molecule has 0 N–H and O–H groups in total. The Morgan fingerprint density at radius 3 is 2.73 bits per heavy atom. The van der Waals surface area contributed by atoms with E-state index in [-0.39, 0.29) is 24.3 Å². The van der Waals surface area contributed by atoms with Crippen LogP contribution in [0.4, 0.5) is 14.5 Å². The third-order valence-electron chi connectivity index (χ3n) is 3.06. The number of ether oxygens (including phenoxy) is 1. The van der Waals surface area contributed by atoms with Crippen LogP contribution in [0.25, 0.3) is 11.1 Å². The van der Waals surface area contributed by atoms with E-state index in [1.807, 2.05) is 0 Å². The van der Waals surface area contributed by atoms with Crippen molar-refractivity contribution in [2.45, 2.75) is 6.54 Å². The molecule has 0 bridgehead atoms. The molecule has 0 aliphatic carbocycles. The summed E-state index contributed by atoms with van der Waals surface area (Å²) in [5.74, 6) is -2.21. The molecule has 0 aliphatic rings. The first kappa shape index (κ1) is 15.8. The third kappa shape index (κ3) is 3.01. The predicted molar refractivity (Wildman–Crippen MR) is 74.6 cm³/mol. The van der Waals surface area contributed by atoms with Crippen LogP contribution in [-0.4, -0.2) is 23.2 Å². The second kappa shape index (κ2) is 6.44. The van der Waals surface area contributed by atoms with Gasteiger partial charge in [-0.25, -0.2) is 8.78 Å². The molecule has 0 fully saturated rings. The van der Waals surface area contributed by atoms with Crippen LogP contribution < -0.4 is 5.56 Å². The van der Waals surface area contributed by atoms with Crippen LogP contribution in [0.1, 0.15) is 0 Å². The number of hydrogen-bond acceptors (Lipinski definition) is 4. The van der Waals surface area contributed by atoms with Crippen LogP contribution in [0, 0.1) is 21.7 Å². The lowest BCUT2D eigenvalue weighted by atomic mass is 10.1. The van der Waals surface area contributed by atoms with Gasteiger partial charge in [-0.05, 0) is 6.07 Å². The summed E-state index contributed by atoms with van der Waals surface area (Å²) in [7, 11) is 1.41. The van der Waals surface area contributed by atoms with Gasteiger partial charge in [0.05, 0.1) is 11.5 Å². The summed E-state index contributed by atoms with van der Waals surface area (Å²) in [6, 6.07) is 4.43. The maximum atomic E-state index is 13.8. The highest BCUT2D eigenvalue weighted by molar-refractivity contribution is 5.65. The molecule has 0 saturated heterocycles. The first-order valence-electron chi connectivity index (χ1n) is 6.28. The Morgan fingerprint density at radius 1 is 1.36 bits per heavy atom. The molecule has 2 aromatic rings. The molecule has 1 heterocycles. The van der Waals surface area contributed by atoms with E-state index in [0.29, 0.717) is 0 Å². The molecule has 0 aliphatic heterocycles. The molecule has 0 spiro atoms. The first-order chi connectivity index (χ1) is 10.5. The zero-order chi connectivity index (χ0) is 16.3. The summed E-state index contributed by atoms with van der Waals surface area (Å²) in [6.45, 7) is 0.201. The smallest absolute Gasteiger partial charge is 0.334 e. The van der Waals surface area contributed by atoms with Gasteiger partial charge in [0.1, 0.15) is 0 Å². The van der Waals surface area contributed by atoms with E-state index >= 15 is 0 Å². The number of rotatable bonds is 5. The Morgan fingerprint density at radius 2 is 2.09 bits per heavy atom. The number of hydrogen-bond donors (Lipinski definition) is 0. The molecule has 0 amide bonds. The van der Waals surface area contributed by atoms with Crippen molar-refractivity contribution < 1.29 is 18.4 Å². The number of aromatic nitrogens is 1. The van der Waals surface area contributed by atoms with Gasteiger partial charge in [-0.15, -0.1) is 0 Å². The molecular formula is C14H12F2N2O4. The first-order valence-corrected chi connectivity index (χ1v) is 6.28. The molecule has 0 atom stereocenters. The van der Waals surface area contributed by atoms with Gasteiger partial charge in [0.25, 0.3) is 0 Å². The van der Waals surface area contributed by atoms with E-state index < -0.39 is 27.8 Å². The fraction of sp³-hybridized carbons (Fsp3) is 0.214. The minimum Gasteiger partial charge on any atom is -0.383 e. The number of nitro groups is 1. The molecule has 1 aromatic carbocycles. The topological polar surface area (TPSA) is 74.4 Å². The average molecular weight is 310 g/mol. The van der Waals surface area contributed by atoms with Crippen LogP contribution in [0.5, 0.6) is 0 Å². The van der Waals surface area contributed by atoms with Crippen molar-refractivity contribution in [3.8, 4) is 11.1 Å². The highest BCUT2D eigenvalue weighted by atomic mass is 19.2. The van der Waals surface area contributed by atoms with Gasteiger partial charge >= 0.3 is 11.2 Å². The summed E-state index contributed by atoms with van der Waals surface area (Å²) in [6.07, 6.45) is 1.24. The maximum Gasteiger partial charge on any atom is 0.334 e. The van der Waals surface area contributed by atoms with E-state index in [4.69, 9.17) is 4.74 Å². The molecule has 0 unspecified atom stereocenters. The van der Waals surface area contributed by atoms with Crippen LogP contribution in [0.3, 0.4) is 0 Å². The van der Waals surface area contributed by atoms with E-state index in [1.165, 1.54) is 25.4 Å². The van der Waals surface area contributed by atoms with Crippen molar-refractivity contribution >= 4 is 5.69 Å². The lowest BCUT2D eigenvalue weighted by Crippen LogP contribution is -2.24. The minimum absolute atomic E-state index is 0.0411. The molecular weight excluding hydrogens is 298 g/mol. The van der Waals surface area contributed by atoms with Gasteiger partial charge < -0.3 is 9.30 Å². The Kier molecular flexibility index (Phi) is 4.62. The number of methoxy groups -OCH3 is 1. The molecule has 6 nitrogen and oxygen atoms in total. The largest absolute Gasteiger partial charge is 0.383 e. The predicted octanol–water partition coefficient (Wildman–Crippen LogP) is 2.35. The van der Waals surface area contributed by atoms with Gasteiger partial charge in [-0.3, -0.25) is 14.9 Å². The van der Waals surface area contributed by atoms with Crippen molar-refractivity contribution in [2.24, 2.45) is 0 Å². The lowest BCUT2D eigenvalue weighted by molar-refractivity contribution is -0.386. The number of pyridine rings is 1. The maximum absolute atomic E-state index is 13.8. The molecule has 1 aromatic heterocycles. The molecule has 8 heteroatoms. The normalized spacial score (nSPS) is 10.7. The fourth-order valence-corrected chi connectivity index (χ4v) is 1.98. The van der Waals surface area contributed by atoms with E-state index in [1.54, 1.807) is 0 Å². The van der Waals surface area contributed by atoms with E-state index in [2.05, 4.69) is 0 Å². The molecule has 0 saturated carbocycles. The third-order valence-corrected chi connectivity index (χ3v) is 3.06. The SMILES string of the molecule is COCCn1cc(-c2cccc(F)c2F)cc([N+](=O)[O-])c1=O. The second-order valence-corrected chi connectivity index (χ2v) is 4.46. The highest BCUT2D eigenvalue weighted by Gasteiger charge is 2.19. The summed E-state index contributed by atoms with van der Waals surface area (Å²) < 4.78 is 33.0. The van der Waals surface area contributed by atoms with Gasteiger partial charge in [-0.1, -0.05) is 12.1 Å². The zero-order valence-corrected chi connectivity index (χ0v) is 11.6. The van der Waals surface area contributed by atoms with Gasteiger partial charge in [-0.2, -0.15) is 0 Å². The Hall–Kier alpha value is -2.61. The summed E-state index contributed by atoms with van der Waals surface area (Å²) in [4.78, 5) is 22.1. The molecule has 22 heavy (non-hydrogen) atoms. The zero-order valence-electron chi connectivity index (χ0n) is 11.6. The van der Waals surface area contributed by atoms with Crippen molar-refractivity contribution in [3.63, 3.8) is 0 Å². The van der Waals surface area contributed by atoms with Crippen molar-refractivity contribution in [3.05, 3.63) is 62.6 Å². The van der Waals surface area contributed by atoms with Gasteiger partial charge in [0.2, 0.25) is 0 Å². The Balaban J connectivity index is 2.65. The van der Waals surface area contributed by atoms with Crippen molar-refractivity contribution in [1.82, 2.24) is 4.57 Å². The highest BCUT2D eigenvalue weighted by Crippen LogP contribution is 2.25. The van der Waals surface area contributed by atoms with Gasteiger partial charge in [0.15, 0.2) is 11.6 Å². The second-order valence-electron chi connectivity index (χ2n) is 4.46. The molecule has 0 radical (unpaired) electrons. The monoisotopic (exact) mass is 310 g/mol. The average Bonchev–Trinajstić information content (AvgIpc) is 2.49. The number of nitrogens with zero attached hydrogens (tertiary/aromatic N) is 2. The van der Waals surface area contributed by atoms with Crippen LogP contribution in [-0.2, 0) is 11.3 Å². The van der Waals surface area contributed by atoms with E-state index in [9.17, 15) is 23.7 Å². The molecule has 116 valence electrons. The van der Waals surface area contributed by atoms with Crippen LogP contribution in [0.15, 0.2) is 35.3 Å². The Bertz CT molecular complexity index is 774. The van der Waals surface area contributed by atoms with Crippen LogP contribution >= 0.6 is 0 Å². The standard InChI is InChI=1S/C14H12F2N2O4/c1-22-6-5-17-8-9(7-12(14(17)19)18(20)21)10-3-2-4-11(15)13(10)16/h2-4,7-8H,5-6H2,1H3. The molecule has 2 rings (SSSR count). The van der Waals surface area contributed by atoms with E-state index in [0.717, 1.165) is 16.7 Å². The summed E-state index contributed by atoms with van der Waals surface area (Å²) in [5.41, 5.74) is -1.66. The van der Waals surface area contributed by atoms with Gasteiger partial charge in [0, 0.05) is 37.0 Å². The quantitative estimate of drug-likeness (QED) is 0.627. The Labute approximate surface area is 123 Å². The van der Waals surface area contributed by atoms with Crippen molar-refractivity contribution in [1.29, 1.82) is 0 Å². The van der Waals surface area contributed by atoms with Crippen molar-refractivity contribution in [2.75, 3.05) is 13.7 Å². The summed E-state index contributed by atoms with van der Waals surface area (Å²) >= 11 is 0. The fourth-order valence-electron chi connectivity index (χ4n) is 1.98. The number of benzene rings is 1.